The van der Waals surface area contributed by atoms with Gasteiger partial charge in [0.1, 0.15) is 5.82 Å². The molecule has 6 nitrogen and oxygen atoms in total. The van der Waals surface area contributed by atoms with Crippen molar-refractivity contribution in [1.29, 1.82) is 0 Å². The van der Waals surface area contributed by atoms with Crippen LogP contribution in [0.4, 0.5) is 0 Å². The number of hydrogen-bond donors (Lipinski definition) is 2. The molecule has 0 saturated heterocycles. The van der Waals surface area contributed by atoms with E-state index in [0.29, 0.717) is 30.5 Å². The third kappa shape index (κ3) is 2.64. The highest BCUT2D eigenvalue weighted by molar-refractivity contribution is 6.01. The normalized spacial score (nSPS) is 10.7. The molecule has 0 unspecified atom stereocenters. The zero-order chi connectivity index (χ0) is 14.7. The molecule has 0 aliphatic rings. The second kappa shape index (κ2) is 5.73. The van der Waals surface area contributed by atoms with Gasteiger partial charge in [0.05, 0.1) is 16.6 Å². The van der Waals surface area contributed by atoms with Crippen LogP contribution in [-0.4, -0.2) is 33.1 Å². The van der Waals surface area contributed by atoms with Crippen LogP contribution in [0.5, 0.6) is 0 Å². The van der Waals surface area contributed by atoms with E-state index in [1.54, 1.807) is 18.2 Å². The van der Waals surface area contributed by atoms with Gasteiger partial charge in [-0.15, -0.1) is 0 Å². The van der Waals surface area contributed by atoms with Crippen molar-refractivity contribution in [3.05, 3.63) is 29.6 Å². The Hall–Kier alpha value is -2.37. The molecule has 2 rings (SSSR count). The fourth-order valence-corrected chi connectivity index (χ4v) is 2.26. The fraction of sp³-hybridized carbons (Fsp3) is 0.357. The molecule has 1 aromatic heterocycles. The van der Waals surface area contributed by atoms with Crippen LogP contribution in [0.2, 0.25) is 0 Å². The van der Waals surface area contributed by atoms with Crippen LogP contribution in [0.3, 0.4) is 0 Å². The summed E-state index contributed by atoms with van der Waals surface area (Å²) in [5, 5.41) is 12.0. The van der Waals surface area contributed by atoms with E-state index in [0.717, 1.165) is 5.82 Å². The molecule has 20 heavy (non-hydrogen) atoms. The van der Waals surface area contributed by atoms with Gasteiger partial charge in [-0.25, -0.2) is 9.78 Å². The van der Waals surface area contributed by atoms with Crippen molar-refractivity contribution >= 4 is 22.9 Å². The monoisotopic (exact) mass is 275 g/mol. The van der Waals surface area contributed by atoms with Crippen molar-refractivity contribution in [3.8, 4) is 0 Å². The summed E-state index contributed by atoms with van der Waals surface area (Å²) in [4.78, 5) is 26.7. The maximum absolute atomic E-state index is 11.3. The second-order valence-electron chi connectivity index (χ2n) is 4.49. The molecule has 2 N–H and O–H groups in total. The summed E-state index contributed by atoms with van der Waals surface area (Å²) in [6, 6.07) is 5.06. The lowest BCUT2D eigenvalue weighted by Gasteiger charge is -2.10. The quantitative estimate of drug-likeness (QED) is 0.864. The van der Waals surface area contributed by atoms with E-state index in [1.165, 1.54) is 6.92 Å². The average molecular weight is 275 g/mol. The van der Waals surface area contributed by atoms with E-state index in [-0.39, 0.29) is 11.5 Å². The van der Waals surface area contributed by atoms with Gasteiger partial charge in [0, 0.05) is 26.4 Å². The predicted molar refractivity (Wildman–Crippen MR) is 74.8 cm³/mol. The van der Waals surface area contributed by atoms with Crippen LogP contribution < -0.4 is 5.32 Å². The Labute approximate surface area is 116 Å². The first-order chi connectivity index (χ1) is 9.54. The Morgan fingerprint density at radius 2 is 2.15 bits per heavy atom. The van der Waals surface area contributed by atoms with E-state index < -0.39 is 5.97 Å². The summed E-state index contributed by atoms with van der Waals surface area (Å²) in [5.74, 6) is -0.260. The van der Waals surface area contributed by atoms with E-state index in [1.807, 2.05) is 11.5 Å². The Kier molecular flexibility index (Phi) is 4.02. The molecule has 106 valence electrons. The second-order valence-corrected chi connectivity index (χ2v) is 4.49. The lowest BCUT2D eigenvalue weighted by molar-refractivity contribution is -0.118. The van der Waals surface area contributed by atoms with Crippen molar-refractivity contribution < 1.29 is 14.7 Å². The highest BCUT2D eigenvalue weighted by Crippen LogP contribution is 2.21. The number of imidazole rings is 1. The number of para-hydroxylation sites is 1. The van der Waals surface area contributed by atoms with Gasteiger partial charge in [0.25, 0.3) is 0 Å². The van der Waals surface area contributed by atoms with Crippen LogP contribution in [0.25, 0.3) is 11.0 Å². The number of carbonyl (C=O) groups is 2. The Balaban J connectivity index is 2.48. The first-order valence-electron chi connectivity index (χ1n) is 6.50. The van der Waals surface area contributed by atoms with Crippen LogP contribution in [0, 0.1) is 0 Å². The standard InChI is InChI=1S/C14H17N3O3/c1-3-12-16-11-6-4-5-10(14(19)20)13(11)17(12)8-7-15-9(2)18/h4-6H,3,7-8H2,1-2H3,(H,15,18)(H,19,20). The number of benzene rings is 1. The van der Waals surface area contributed by atoms with Crippen molar-refractivity contribution in [2.45, 2.75) is 26.8 Å². The number of fused-ring (bicyclic) bond motifs is 1. The van der Waals surface area contributed by atoms with E-state index in [4.69, 9.17) is 0 Å². The molecule has 0 aliphatic carbocycles. The van der Waals surface area contributed by atoms with E-state index in [2.05, 4.69) is 10.3 Å². The molecule has 0 aliphatic heterocycles. The van der Waals surface area contributed by atoms with Crippen LogP contribution in [-0.2, 0) is 17.8 Å². The van der Waals surface area contributed by atoms with Gasteiger partial charge in [0.15, 0.2) is 0 Å². The van der Waals surface area contributed by atoms with Crippen molar-refractivity contribution in [1.82, 2.24) is 14.9 Å². The lowest BCUT2D eigenvalue weighted by Crippen LogP contribution is -2.25. The lowest BCUT2D eigenvalue weighted by atomic mass is 10.2. The van der Waals surface area contributed by atoms with Gasteiger partial charge >= 0.3 is 5.97 Å². The molecule has 1 heterocycles. The molecule has 0 saturated carbocycles. The van der Waals surface area contributed by atoms with Gasteiger partial charge < -0.3 is 15.0 Å². The van der Waals surface area contributed by atoms with Gasteiger partial charge in [-0.3, -0.25) is 4.79 Å². The molecule has 0 radical (unpaired) electrons. The van der Waals surface area contributed by atoms with Crippen molar-refractivity contribution in [3.63, 3.8) is 0 Å². The van der Waals surface area contributed by atoms with Gasteiger partial charge in [0.2, 0.25) is 5.91 Å². The first kappa shape index (κ1) is 14.0. The molecule has 1 amide bonds. The van der Waals surface area contributed by atoms with E-state index >= 15 is 0 Å². The third-order valence-electron chi connectivity index (χ3n) is 3.10. The molecule has 2 aromatic rings. The minimum Gasteiger partial charge on any atom is -0.478 e. The zero-order valence-electron chi connectivity index (χ0n) is 11.5. The largest absolute Gasteiger partial charge is 0.478 e. The SMILES string of the molecule is CCc1nc2cccc(C(=O)O)c2n1CCNC(C)=O. The average Bonchev–Trinajstić information content (AvgIpc) is 2.76. The number of amides is 1. The summed E-state index contributed by atoms with van der Waals surface area (Å²) >= 11 is 0. The third-order valence-corrected chi connectivity index (χ3v) is 3.10. The highest BCUT2D eigenvalue weighted by atomic mass is 16.4. The summed E-state index contributed by atoms with van der Waals surface area (Å²) < 4.78 is 1.87. The van der Waals surface area contributed by atoms with E-state index in [9.17, 15) is 14.7 Å². The molecule has 0 atom stereocenters. The number of carboxylic acid groups (broad SMARTS) is 1. The Morgan fingerprint density at radius 1 is 1.40 bits per heavy atom. The molecule has 0 spiro atoms. The molecular formula is C14H17N3O3. The van der Waals surface area contributed by atoms with Gasteiger partial charge in [-0.05, 0) is 12.1 Å². The van der Waals surface area contributed by atoms with Crippen molar-refractivity contribution in [2.24, 2.45) is 0 Å². The Morgan fingerprint density at radius 3 is 2.75 bits per heavy atom. The summed E-state index contributed by atoms with van der Waals surface area (Å²) in [6.45, 7) is 4.37. The smallest absolute Gasteiger partial charge is 0.337 e. The van der Waals surface area contributed by atoms with Gasteiger partial charge in [-0.1, -0.05) is 13.0 Å². The maximum Gasteiger partial charge on any atom is 0.337 e. The number of nitrogens with one attached hydrogen (secondary N) is 1. The number of aromatic carboxylic acids is 1. The number of aromatic nitrogens is 2. The number of carbonyl (C=O) groups excluding carboxylic acids is 1. The van der Waals surface area contributed by atoms with Crippen LogP contribution >= 0.6 is 0 Å². The number of rotatable bonds is 5. The number of aryl methyl sites for hydroxylation is 1. The van der Waals surface area contributed by atoms with Crippen molar-refractivity contribution in [2.75, 3.05) is 6.54 Å². The number of hydrogen-bond acceptors (Lipinski definition) is 3. The number of carboxylic acids is 1. The van der Waals surface area contributed by atoms with Crippen LogP contribution in [0.1, 0.15) is 30.0 Å². The minimum absolute atomic E-state index is 0.106. The minimum atomic E-state index is -0.973. The number of nitrogens with zero attached hydrogens (tertiary/aromatic N) is 2. The molecule has 0 bridgehead atoms. The topological polar surface area (TPSA) is 84.2 Å². The molecule has 6 heteroatoms. The maximum atomic E-state index is 11.3. The van der Waals surface area contributed by atoms with Gasteiger partial charge in [-0.2, -0.15) is 0 Å². The fourth-order valence-electron chi connectivity index (χ4n) is 2.26. The highest BCUT2D eigenvalue weighted by Gasteiger charge is 2.16. The summed E-state index contributed by atoms with van der Waals surface area (Å²) in [5.41, 5.74) is 1.52. The summed E-state index contributed by atoms with van der Waals surface area (Å²) in [6.07, 6.45) is 0.702. The molecule has 0 fully saturated rings. The first-order valence-corrected chi connectivity index (χ1v) is 6.50. The predicted octanol–water partition coefficient (Wildman–Crippen LogP) is 1.43. The van der Waals surface area contributed by atoms with Crippen LogP contribution in [0.15, 0.2) is 18.2 Å². The Bertz CT molecular complexity index is 661. The summed E-state index contributed by atoms with van der Waals surface area (Å²) in [7, 11) is 0. The molecule has 1 aromatic carbocycles. The zero-order valence-corrected chi connectivity index (χ0v) is 11.5. The molecular weight excluding hydrogens is 258 g/mol.